The van der Waals surface area contributed by atoms with Crippen LogP contribution in [0.2, 0.25) is 0 Å². The number of esters is 1. The summed E-state index contributed by atoms with van der Waals surface area (Å²) in [5.41, 5.74) is 4.06. The number of aromatic nitrogens is 3. The summed E-state index contributed by atoms with van der Waals surface area (Å²) in [5, 5.41) is 13.2. The molecule has 0 saturated carbocycles. The van der Waals surface area contributed by atoms with E-state index in [9.17, 15) is 14.7 Å². The number of hydrogen-bond acceptors (Lipinski definition) is 6. The largest absolute Gasteiger partial charge is 0.462 e. The number of aliphatic hydroxyl groups excluding tert-OH is 1. The van der Waals surface area contributed by atoms with Crippen molar-refractivity contribution >= 4 is 17.0 Å². The lowest BCUT2D eigenvalue weighted by atomic mass is 10.0. The highest BCUT2D eigenvalue weighted by molar-refractivity contribution is 5.81. The normalized spacial score (nSPS) is 13.6. The quantitative estimate of drug-likeness (QED) is 0.468. The first-order valence-corrected chi connectivity index (χ1v) is 11.8. The average molecular weight is 469 g/mol. The number of nitrogens with zero attached hydrogens (tertiary/aromatic N) is 3. The maximum atomic E-state index is 12.5. The number of hydrogen-bond donors (Lipinski definition) is 2. The van der Waals surface area contributed by atoms with Crippen LogP contribution in [0.4, 0.5) is 0 Å². The molecule has 8 heteroatoms. The molecule has 0 radical (unpaired) electrons. The van der Waals surface area contributed by atoms with Gasteiger partial charge in [0.2, 0.25) is 0 Å². The number of benzene rings is 1. The fourth-order valence-electron chi connectivity index (χ4n) is 4.11. The molecule has 184 valence electrons. The first-order chi connectivity index (χ1) is 16.0. The standard InChI is InChI=1S/C26H36N4O4/c1-15(2)23(26(33)34-16(3)4)27-12-19-8-9-22-21(11-19)28-24(30(22)18(6)14-31)20-10-17(5)25(32)29(7)13-20/h8-11,13,15-16,18,23,27,31H,12,14H2,1-7H3. The van der Waals surface area contributed by atoms with Crippen LogP contribution in [0.15, 0.2) is 35.3 Å². The summed E-state index contributed by atoms with van der Waals surface area (Å²) in [6.07, 6.45) is 1.61. The third-order valence-electron chi connectivity index (χ3n) is 5.88. The number of carbonyl (C=O) groups is 1. The number of ether oxygens (including phenoxy) is 1. The van der Waals surface area contributed by atoms with E-state index < -0.39 is 6.04 Å². The summed E-state index contributed by atoms with van der Waals surface area (Å²) in [6.45, 7) is 11.8. The molecule has 0 spiro atoms. The second kappa shape index (κ2) is 10.5. The summed E-state index contributed by atoms with van der Waals surface area (Å²) in [4.78, 5) is 29.5. The molecule has 2 aromatic heterocycles. The molecule has 34 heavy (non-hydrogen) atoms. The molecule has 1 aromatic carbocycles. The van der Waals surface area contributed by atoms with Crippen LogP contribution in [-0.2, 0) is 23.1 Å². The van der Waals surface area contributed by atoms with Crippen LogP contribution in [0, 0.1) is 12.8 Å². The average Bonchev–Trinajstić information content (AvgIpc) is 3.14. The van der Waals surface area contributed by atoms with Crippen molar-refractivity contribution in [3.05, 3.63) is 51.9 Å². The summed E-state index contributed by atoms with van der Waals surface area (Å²) in [5.74, 6) is 0.527. The third kappa shape index (κ3) is 5.39. The topological polar surface area (TPSA) is 98.4 Å². The molecule has 0 saturated heterocycles. The minimum atomic E-state index is -0.408. The van der Waals surface area contributed by atoms with E-state index >= 15 is 0 Å². The molecule has 0 fully saturated rings. The van der Waals surface area contributed by atoms with Crippen molar-refractivity contribution in [2.45, 2.75) is 66.3 Å². The minimum absolute atomic E-state index is 0.0411. The van der Waals surface area contributed by atoms with Crippen LogP contribution in [0.25, 0.3) is 22.4 Å². The highest BCUT2D eigenvalue weighted by atomic mass is 16.5. The van der Waals surface area contributed by atoms with Crippen molar-refractivity contribution in [3.8, 4) is 11.4 Å². The van der Waals surface area contributed by atoms with Crippen LogP contribution >= 0.6 is 0 Å². The van der Waals surface area contributed by atoms with Crippen LogP contribution < -0.4 is 10.9 Å². The number of imidazole rings is 1. The maximum Gasteiger partial charge on any atom is 0.323 e. The van der Waals surface area contributed by atoms with Gasteiger partial charge in [-0.15, -0.1) is 0 Å². The van der Waals surface area contributed by atoms with Gasteiger partial charge in [0.25, 0.3) is 5.56 Å². The fourth-order valence-corrected chi connectivity index (χ4v) is 4.11. The van der Waals surface area contributed by atoms with E-state index in [0.717, 1.165) is 22.2 Å². The summed E-state index contributed by atoms with van der Waals surface area (Å²) in [7, 11) is 1.72. The number of pyridine rings is 1. The Morgan fingerprint density at radius 2 is 1.88 bits per heavy atom. The number of nitrogens with one attached hydrogen (secondary N) is 1. The van der Waals surface area contributed by atoms with E-state index in [0.29, 0.717) is 17.9 Å². The zero-order valence-electron chi connectivity index (χ0n) is 21.1. The van der Waals surface area contributed by atoms with Gasteiger partial charge in [-0.05, 0) is 57.4 Å². The number of fused-ring (bicyclic) bond motifs is 1. The van der Waals surface area contributed by atoms with E-state index in [-0.39, 0.29) is 36.2 Å². The van der Waals surface area contributed by atoms with E-state index in [1.165, 1.54) is 0 Å². The van der Waals surface area contributed by atoms with Gasteiger partial charge < -0.3 is 24.3 Å². The Bertz CT molecular complexity index is 1200. The summed E-state index contributed by atoms with van der Waals surface area (Å²) < 4.78 is 8.96. The van der Waals surface area contributed by atoms with E-state index in [4.69, 9.17) is 9.72 Å². The first-order valence-electron chi connectivity index (χ1n) is 11.8. The van der Waals surface area contributed by atoms with Gasteiger partial charge in [0.1, 0.15) is 11.9 Å². The smallest absolute Gasteiger partial charge is 0.323 e. The highest BCUT2D eigenvalue weighted by Crippen LogP contribution is 2.29. The molecular weight excluding hydrogens is 432 g/mol. The number of rotatable bonds is 9. The minimum Gasteiger partial charge on any atom is -0.462 e. The number of aryl methyl sites for hydroxylation is 2. The van der Waals surface area contributed by atoms with Gasteiger partial charge in [-0.3, -0.25) is 9.59 Å². The Morgan fingerprint density at radius 3 is 2.47 bits per heavy atom. The van der Waals surface area contributed by atoms with Crippen LogP contribution in [-0.4, -0.2) is 43.9 Å². The Hall–Kier alpha value is -2.97. The zero-order valence-corrected chi connectivity index (χ0v) is 21.1. The molecule has 8 nitrogen and oxygen atoms in total. The molecule has 0 aliphatic heterocycles. The lowest BCUT2D eigenvalue weighted by Crippen LogP contribution is -2.42. The molecular formula is C26H36N4O4. The Morgan fingerprint density at radius 1 is 1.18 bits per heavy atom. The number of aliphatic hydroxyl groups is 1. The molecule has 3 rings (SSSR count). The molecule has 0 amide bonds. The van der Waals surface area contributed by atoms with Gasteiger partial charge in [-0.1, -0.05) is 19.9 Å². The highest BCUT2D eigenvalue weighted by Gasteiger charge is 2.24. The van der Waals surface area contributed by atoms with Crippen molar-refractivity contribution < 1.29 is 14.6 Å². The molecule has 0 bridgehead atoms. The lowest BCUT2D eigenvalue weighted by Gasteiger charge is -2.22. The van der Waals surface area contributed by atoms with E-state index in [1.807, 2.05) is 63.5 Å². The van der Waals surface area contributed by atoms with Crippen LogP contribution in [0.5, 0.6) is 0 Å². The second-order valence-corrected chi connectivity index (χ2v) is 9.58. The molecule has 2 unspecified atom stereocenters. The zero-order chi connectivity index (χ0) is 25.2. The van der Waals surface area contributed by atoms with Gasteiger partial charge in [0.15, 0.2) is 0 Å². The molecule has 3 aromatic rings. The predicted octanol–water partition coefficient (Wildman–Crippen LogP) is 3.33. The third-order valence-corrected chi connectivity index (χ3v) is 5.88. The van der Waals surface area contributed by atoms with Gasteiger partial charge >= 0.3 is 5.97 Å². The second-order valence-electron chi connectivity index (χ2n) is 9.58. The van der Waals surface area contributed by atoms with Crippen molar-refractivity contribution in [1.82, 2.24) is 19.4 Å². The fraction of sp³-hybridized carbons (Fsp3) is 0.500. The maximum absolute atomic E-state index is 12.5. The molecule has 0 aliphatic rings. The van der Waals surface area contributed by atoms with Crippen LogP contribution in [0.1, 0.15) is 51.8 Å². The Balaban J connectivity index is 1.98. The number of carbonyl (C=O) groups excluding carboxylic acids is 1. The Labute approximate surface area is 200 Å². The van der Waals surface area contributed by atoms with Gasteiger partial charge in [-0.25, -0.2) is 4.98 Å². The predicted molar refractivity (Wildman–Crippen MR) is 134 cm³/mol. The first kappa shape index (κ1) is 25.6. The van der Waals surface area contributed by atoms with Crippen molar-refractivity contribution in [3.63, 3.8) is 0 Å². The lowest BCUT2D eigenvalue weighted by molar-refractivity contribution is -0.151. The van der Waals surface area contributed by atoms with Crippen molar-refractivity contribution in [2.24, 2.45) is 13.0 Å². The molecule has 2 N–H and O–H groups in total. The SMILES string of the molecule is Cc1cc(-c2nc3cc(CNC(C(=O)OC(C)C)C(C)C)ccc3n2C(C)CO)cn(C)c1=O. The van der Waals surface area contributed by atoms with Gasteiger partial charge in [0.05, 0.1) is 29.8 Å². The summed E-state index contributed by atoms with van der Waals surface area (Å²) >= 11 is 0. The van der Waals surface area contributed by atoms with Crippen molar-refractivity contribution in [1.29, 1.82) is 0 Å². The Kier molecular flexibility index (Phi) is 7.94. The van der Waals surface area contributed by atoms with Gasteiger partial charge in [0, 0.05) is 30.9 Å². The molecule has 2 heterocycles. The summed E-state index contributed by atoms with van der Waals surface area (Å²) in [6, 6.07) is 7.21. The van der Waals surface area contributed by atoms with E-state index in [1.54, 1.807) is 24.7 Å². The van der Waals surface area contributed by atoms with Gasteiger partial charge in [-0.2, -0.15) is 0 Å². The monoisotopic (exact) mass is 468 g/mol. The molecule has 0 aliphatic carbocycles. The van der Waals surface area contributed by atoms with E-state index in [2.05, 4.69) is 5.32 Å². The van der Waals surface area contributed by atoms with Crippen molar-refractivity contribution in [2.75, 3.05) is 6.61 Å². The van der Waals surface area contributed by atoms with Crippen LogP contribution in [0.3, 0.4) is 0 Å². The molecule has 2 atom stereocenters.